The summed E-state index contributed by atoms with van der Waals surface area (Å²) in [6.07, 6.45) is 0. The van der Waals surface area contributed by atoms with Gasteiger partial charge in [-0.1, -0.05) is 6.07 Å². The van der Waals surface area contributed by atoms with Crippen LogP contribution in [0.2, 0.25) is 0 Å². The van der Waals surface area contributed by atoms with Crippen LogP contribution in [-0.4, -0.2) is 21.8 Å². The molecule has 0 radical (unpaired) electrons. The van der Waals surface area contributed by atoms with Gasteiger partial charge in [0.2, 0.25) is 0 Å². The summed E-state index contributed by atoms with van der Waals surface area (Å²) in [5.41, 5.74) is 3.41. The minimum Gasteiger partial charge on any atom is -0.373 e. The third kappa shape index (κ3) is 1.66. The maximum Gasteiger partial charge on any atom is 0.156 e. The summed E-state index contributed by atoms with van der Waals surface area (Å²) in [5, 5.41) is 7.51. The Bertz CT molecular complexity index is 514. The van der Waals surface area contributed by atoms with E-state index in [4.69, 9.17) is 0 Å². The van der Waals surface area contributed by atoms with Gasteiger partial charge in [-0.3, -0.25) is 0 Å². The summed E-state index contributed by atoms with van der Waals surface area (Å²) < 4.78 is 1.88. The van der Waals surface area contributed by atoms with Crippen LogP contribution >= 0.6 is 0 Å². The van der Waals surface area contributed by atoms with Gasteiger partial charge in [0.1, 0.15) is 5.82 Å². The lowest BCUT2D eigenvalue weighted by molar-refractivity contribution is 0.806. The van der Waals surface area contributed by atoms with Crippen LogP contribution in [0.1, 0.15) is 17.0 Å². The van der Waals surface area contributed by atoms with Crippen LogP contribution in [0, 0.1) is 20.8 Å². The zero-order valence-electron chi connectivity index (χ0n) is 10.1. The van der Waals surface area contributed by atoms with Crippen molar-refractivity contribution in [2.24, 2.45) is 0 Å². The number of nitrogens with one attached hydrogen (secondary N) is 1. The van der Waals surface area contributed by atoms with Gasteiger partial charge < -0.3 is 5.32 Å². The number of hydrogen-bond donors (Lipinski definition) is 1. The van der Waals surface area contributed by atoms with Crippen LogP contribution in [0.15, 0.2) is 18.2 Å². The number of aromatic nitrogens is 3. The van der Waals surface area contributed by atoms with E-state index >= 15 is 0 Å². The molecule has 4 heteroatoms. The molecule has 0 aliphatic heterocycles. The molecular weight excluding hydrogens is 200 g/mol. The highest BCUT2D eigenvalue weighted by Gasteiger charge is 2.09. The summed E-state index contributed by atoms with van der Waals surface area (Å²) in [5.74, 6) is 1.70. The van der Waals surface area contributed by atoms with Crippen molar-refractivity contribution >= 4 is 5.82 Å². The zero-order chi connectivity index (χ0) is 11.7. The van der Waals surface area contributed by atoms with Crippen molar-refractivity contribution in [3.8, 4) is 5.82 Å². The van der Waals surface area contributed by atoms with E-state index < -0.39 is 0 Å². The monoisotopic (exact) mass is 216 g/mol. The van der Waals surface area contributed by atoms with E-state index in [0.29, 0.717) is 0 Å². The number of hydrogen-bond acceptors (Lipinski definition) is 3. The molecule has 2 aromatic heterocycles. The molecule has 0 unspecified atom stereocenters. The van der Waals surface area contributed by atoms with E-state index in [0.717, 1.165) is 23.0 Å². The van der Waals surface area contributed by atoms with E-state index in [-0.39, 0.29) is 0 Å². The van der Waals surface area contributed by atoms with Crippen molar-refractivity contribution in [3.63, 3.8) is 0 Å². The smallest absolute Gasteiger partial charge is 0.156 e. The Labute approximate surface area is 95.3 Å². The van der Waals surface area contributed by atoms with Crippen LogP contribution < -0.4 is 5.32 Å². The highest BCUT2D eigenvalue weighted by molar-refractivity contribution is 5.40. The van der Waals surface area contributed by atoms with Gasteiger partial charge in [-0.25, -0.2) is 9.67 Å². The lowest BCUT2D eigenvalue weighted by atomic mass is 10.2. The maximum atomic E-state index is 4.48. The number of nitrogens with zero attached hydrogens (tertiary/aromatic N) is 3. The SMILES string of the molecule is CNc1cccc(-n2nc(C)c(C)c2C)n1. The molecule has 2 heterocycles. The van der Waals surface area contributed by atoms with Gasteiger partial charge in [0.25, 0.3) is 0 Å². The molecule has 1 N–H and O–H groups in total. The fourth-order valence-corrected chi connectivity index (χ4v) is 1.62. The first kappa shape index (κ1) is 10.7. The van der Waals surface area contributed by atoms with Gasteiger partial charge in [0.05, 0.1) is 5.69 Å². The van der Waals surface area contributed by atoms with E-state index in [1.54, 1.807) is 0 Å². The molecule has 84 valence electrons. The van der Waals surface area contributed by atoms with E-state index in [1.807, 2.05) is 36.9 Å². The third-order valence-electron chi connectivity index (χ3n) is 2.86. The van der Waals surface area contributed by atoms with Crippen LogP contribution in [0.5, 0.6) is 0 Å². The molecular formula is C12H16N4. The summed E-state index contributed by atoms with van der Waals surface area (Å²) in [6.45, 7) is 6.15. The van der Waals surface area contributed by atoms with Crippen molar-refractivity contribution in [3.05, 3.63) is 35.2 Å². The molecule has 0 spiro atoms. The van der Waals surface area contributed by atoms with Crippen LogP contribution in [0.25, 0.3) is 5.82 Å². The Morgan fingerprint density at radius 3 is 2.50 bits per heavy atom. The van der Waals surface area contributed by atoms with Gasteiger partial charge >= 0.3 is 0 Å². The first-order valence-electron chi connectivity index (χ1n) is 5.31. The van der Waals surface area contributed by atoms with Crippen molar-refractivity contribution in [1.29, 1.82) is 0 Å². The molecule has 2 aromatic rings. The fraction of sp³-hybridized carbons (Fsp3) is 0.333. The minimum atomic E-state index is 0.848. The Hall–Kier alpha value is -1.84. The summed E-state index contributed by atoms with van der Waals surface area (Å²) in [4.78, 5) is 4.47. The normalized spacial score (nSPS) is 10.5. The molecule has 4 nitrogen and oxygen atoms in total. The second-order valence-corrected chi connectivity index (χ2v) is 3.84. The molecule has 0 aromatic carbocycles. The third-order valence-corrected chi connectivity index (χ3v) is 2.86. The molecule has 0 aliphatic rings. The summed E-state index contributed by atoms with van der Waals surface area (Å²) in [7, 11) is 1.86. The van der Waals surface area contributed by atoms with Gasteiger partial charge in [-0.05, 0) is 38.5 Å². The first-order valence-corrected chi connectivity index (χ1v) is 5.31. The van der Waals surface area contributed by atoms with Gasteiger partial charge in [-0.2, -0.15) is 5.10 Å². The molecule has 2 rings (SSSR count). The van der Waals surface area contributed by atoms with Crippen molar-refractivity contribution in [1.82, 2.24) is 14.8 Å². The van der Waals surface area contributed by atoms with Crippen LogP contribution in [-0.2, 0) is 0 Å². The van der Waals surface area contributed by atoms with E-state index in [9.17, 15) is 0 Å². The fourth-order valence-electron chi connectivity index (χ4n) is 1.62. The second kappa shape index (κ2) is 3.96. The predicted molar refractivity (Wildman–Crippen MR) is 65.1 cm³/mol. The molecule has 0 atom stereocenters. The van der Waals surface area contributed by atoms with Crippen molar-refractivity contribution in [2.45, 2.75) is 20.8 Å². The number of rotatable bonds is 2. The molecule has 16 heavy (non-hydrogen) atoms. The average molecular weight is 216 g/mol. The van der Waals surface area contributed by atoms with Crippen molar-refractivity contribution < 1.29 is 0 Å². The Balaban J connectivity index is 2.54. The molecule has 0 saturated carbocycles. The standard InChI is InChI=1S/C12H16N4/c1-8-9(2)15-16(10(8)3)12-7-5-6-11(13-4)14-12/h5-7H,1-4H3,(H,13,14). The largest absolute Gasteiger partial charge is 0.373 e. The second-order valence-electron chi connectivity index (χ2n) is 3.84. The minimum absolute atomic E-state index is 0.848. The maximum absolute atomic E-state index is 4.48. The van der Waals surface area contributed by atoms with Crippen LogP contribution in [0.4, 0.5) is 5.82 Å². The first-order chi connectivity index (χ1) is 7.63. The zero-order valence-corrected chi connectivity index (χ0v) is 10.1. The van der Waals surface area contributed by atoms with Gasteiger partial charge in [0, 0.05) is 12.7 Å². The van der Waals surface area contributed by atoms with E-state index in [1.165, 1.54) is 5.56 Å². The predicted octanol–water partition coefficient (Wildman–Crippen LogP) is 2.23. The van der Waals surface area contributed by atoms with Crippen molar-refractivity contribution in [2.75, 3.05) is 12.4 Å². The number of pyridine rings is 1. The lowest BCUT2D eigenvalue weighted by Crippen LogP contribution is -2.03. The topological polar surface area (TPSA) is 42.7 Å². The summed E-state index contributed by atoms with van der Waals surface area (Å²) in [6, 6.07) is 5.86. The molecule has 0 bridgehead atoms. The van der Waals surface area contributed by atoms with E-state index in [2.05, 4.69) is 29.2 Å². The molecule has 0 fully saturated rings. The average Bonchev–Trinajstić information content (AvgIpc) is 2.57. The summed E-state index contributed by atoms with van der Waals surface area (Å²) >= 11 is 0. The van der Waals surface area contributed by atoms with Crippen LogP contribution in [0.3, 0.4) is 0 Å². The number of anilines is 1. The van der Waals surface area contributed by atoms with Gasteiger partial charge in [-0.15, -0.1) is 0 Å². The molecule has 0 amide bonds. The highest BCUT2D eigenvalue weighted by atomic mass is 15.3. The molecule has 0 saturated heterocycles. The lowest BCUT2D eigenvalue weighted by Gasteiger charge is -2.05. The quantitative estimate of drug-likeness (QED) is 0.837. The van der Waals surface area contributed by atoms with Gasteiger partial charge in [0.15, 0.2) is 5.82 Å². The number of aryl methyl sites for hydroxylation is 1. The Kier molecular flexibility index (Phi) is 2.64. The Morgan fingerprint density at radius 1 is 1.19 bits per heavy atom. The highest BCUT2D eigenvalue weighted by Crippen LogP contribution is 2.16. The Morgan fingerprint density at radius 2 is 1.94 bits per heavy atom. The molecule has 0 aliphatic carbocycles.